The van der Waals surface area contributed by atoms with Gasteiger partial charge in [0.15, 0.2) is 10.9 Å². The van der Waals surface area contributed by atoms with Gasteiger partial charge in [-0.2, -0.15) is 4.31 Å². The lowest BCUT2D eigenvalue weighted by Crippen LogP contribution is -2.51. The minimum atomic E-state index is -3.82. The van der Waals surface area contributed by atoms with E-state index in [-0.39, 0.29) is 23.9 Å². The van der Waals surface area contributed by atoms with Crippen LogP contribution in [-0.4, -0.2) is 54.8 Å². The second-order valence-corrected chi connectivity index (χ2v) is 8.86. The Labute approximate surface area is 169 Å². The first kappa shape index (κ1) is 20.3. The summed E-state index contributed by atoms with van der Waals surface area (Å²) in [4.78, 5) is 13.0. The van der Waals surface area contributed by atoms with Crippen LogP contribution in [0.4, 0.5) is 5.69 Å². The number of carbonyl (C=O) groups is 1. The number of hydrogen-bond donors (Lipinski definition) is 2. The number of anilines is 1. The number of rotatable bonds is 4. The predicted octanol–water partition coefficient (Wildman–Crippen LogP) is 1.70. The van der Waals surface area contributed by atoms with Crippen molar-refractivity contribution >= 4 is 38.9 Å². The van der Waals surface area contributed by atoms with Gasteiger partial charge in [0, 0.05) is 31.9 Å². The summed E-state index contributed by atoms with van der Waals surface area (Å²) in [5.74, 6) is -0.995. The van der Waals surface area contributed by atoms with Crippen molar-refractivity contribution in [3.8, 4) is 0 Å². The van der Waals surface area contributed by atoms with Crippen LogP contribution >= 0.6 is 12.2 Å². The van der Waals surface area contributed by atoms with E-state index < -0.39 is 15.9 Å². The molecular formula is C18H22N4O4S2. The molecule has 0 unspecified atom stereocenters. The van der Waals surface area contributed by atoms with Crippen LogP contribution in [0.1, 0.15) is 21.7 Å². The van der Waals surface area contributed by atoms with Gasteiger partial charge in [-0.3, -0.25) is 4.79 Å². The molecule has 1 aromatic carbocycles. The van der Waals surface area contributed by atoms with Crippen LogP contribution in [0, 0.1) is 13.8 Å². The maximum Gasteiger partial charge on any atom is 0.284 e. The van der Waals surface area contributed by atoms with Gasteiger partial charge in [0.05, 0.1) is 0 Å². The smallest absolute Gasteiger partial charge is 0.284 e. The molecule has 10 heteroatoms. The lowest BCUT2D eigenvalue weighted by atomic mass is 10.1. The summed E-state index contributed by atoms with van der Waals surface area (Å²) >= 11 is 5.47. The zero-order chi connectivity index (χ0) is 20.5. The predicted molar refractivity (Wildman–Crippen MR) is 110 cm³/mol. The van der Waals surface area contributed by atoms with Crippen LogP contribution in [0.3, 0.4) is 0 Å². The first-order valence-electron chi connectivity index (χ1n) is 8.71. The Morgan fingerprint density at radius 3 is 2.36 bits per heavy atom. The van der Waals surface area contributed by atoms with Crippen molar-refractivity contribution in [1.82, 2.24) is 9.21 Å². The zero-order valence-corrected chi connectivity index (χ0v) is 17.3. The van der Waals surface area contributed by atoms with Crippen molar-refractivity contribution in [1.29, 1.82) is 0 Å². The summed E-state index contributed by atoms with van der Waals surface area (Å²) < 4.78 is 31.7. The quantitative estimate of drug-likeness (QED) is 0.722. The summed E-state index contributed by atoms with van der Waals surface area (Å²) in [7, 11) is -3.82. The van der Waals surface area contributed by atoms with Crippen LogP contribution in [0.15, 0.2) is 39.8 Å². The monoisotopic (exact) mass is 422 g/mol. The molecule has 1 fully saturated rings. The Kier molecular flexibility index (Phi) is 5.73. The minimum absolute atomic E-state index is 0.184. The largest absolute Gasteiger partial charge is 0.438 e. The molecule has 0 aliphatic carbocycles. The van der Waals surface area contributed by atoms with Crippen LogP contribution in [0.5, 0.6) is 0 Å². The number of hydrogen-bond acceptors (Lipinski definition) is 5. The molecule has 0 saturated carbocycles. The fourth-order valence-electron chi connectivity index (χ4n) is 2.87. The standard InChI is InChI=1S/C18H22N4O4S2/c1-12-3-4-14(11-13(12)2)20-18(27)21-7-9-22(10-8-21)28(24,25)16-6-5-15(26-16)17(19)23/h3-6,11H,7-10H2,1-2H3,(H2,19,23)(H,20,27). The molecule has 1 aromatic heterocycles. The van der Waals surface area contributed by atoms with E-state index in [2.05, 4.69) is 5.32 Å². The fraction of sp³-hybridized carbons (Fsp3) is 0.333. The molecule has 8 nitrogen and oxygen atoms in total. The van der Waals surface area contributed by atoms with E-state index in [1.54, 1.807) is 0 Å². The van der Waals surface area contributed by atoms with Crippen molar-refractivity contribution < 1.29 is 17.6 Å². The van der Waals surface area contributed by atoms with Crippen molar-refractivity contribution in [2.45, 2.75) is 18.9 Å². The van der Waals surface area contributed by atoms with Crippen LogP contribution in [0.2, 0.25) is 0 Å². The highest BCUT2D eigenvalue weighted by atomic mass is 32.2. The summed E-state index contributed by atoms with van der Waals surface area (Å²) in [5, 5.41) is 3.46. The molecule has 3 N–H and O–H groups in total. The molecular weight excluding hydrogens is 400 g/mol. The first-order valence-corrected chi connectivity index (χ1v) is 10.6. The summed E-state index contributed by atoms with van der Waals surface area (Å²) in [6, 6.07) is 8.51. The molecule has 2 aromatic rings. The van der Waals surface area contributed by atoms with Gasteiger partial charge in [-0.05, 0) is 61.5 Å². The molecule has 3 rings (SSSR count). The topological polar surface area (TPSA) is 109 Å². The van der Waals surface area contributed by atoms with E-state index in [1.165, 1.54) is 22.0 Å². The highest BCUT2D eigenvalue weighted by molar-refractivity contribution is 7.89. The maximum absolute atomic E-state index is 12.7. The normalized spacial score (nSPS) is 15.4. The lowest BCUT2D eigenvalue weighted by molar-refractivity contribution is 0.0968. The summed E-state index contributed by atoms with van der Waals surface area (Å²) in [6.45, 7) is 5.47. The Balaban J connectivity index is 1.62. The van der Waals surface area contributed by atoms with E-state index in [4.69, 9.17) is 22.4 Å². The van der Waals surface area contributed by atoms with Crippen LogP contribution in [-0.2, 0) is 10.0 Å². The van der Waals surface area contributed by atoms with Gasteiger partial charge < -0.3 is 20.4 Å². The van der Waals surface area contributed by atoms with Gasteiger partial charge in [-0.1, -0.05) is 6.07 Å². The Morgan fingerprint density at radius 1 is 1.11 bits per heavy atom. The van der Waals surface area contributed by atoms with E-state index in [0.29, 0.717) is 18.2 Å². The van der Waals surface area contributed by atoms with Crippen molar-refractivity contribution in [3.63, 3.8) is 0 Å². The number of piperazine rings is 1. The average Bonchev–Trinajstić information content (AvgIpc) is 3.16. The van der Waals surface area contributed by atoms with E-state index in [1.807, 2.05) is 36.9 Å². The Bertz CT molecular complexity index is 1010. The fourth-order valence-corrected chi connectivity index (χ4v) is 4.51. The molecule has 0 bridgehead atoms. The number of nitrogens with zero attached hydrogens (tertiary/aromatic N) is 2. The zero-order valence-electron chi connectivity index (χ0n) is 15.6. The Hall–Kier alpha value is -2.43. The van der Waals surface area contributed by atoms with Gasteiger partial charge in [0.2, 0.25) is 5.09 Å². The third-order valence-corrected chi connectivity index (χ3v) is 6.84. The summed E-state index contributed by atoms with van der Waals surface area (Å²) in [5.41, 5.74) is 8.38. The molecule has 2 heterocycles. The number of thiocarbonyl (C=S) groups is 1. The van der Waals surface area contributed by atoms with Gasteiger partial charge in [-0.25, -0.2) is 8.42 Å². The SMILES string of the molecule is Cc1ccc(NC(=S)N2CCN(S(=O)(=O)c3ccc(C(N)=O)o3)CC2)cc1C. The molecule has 150 valence electrons. The second kappa shape index (κ2) is 7.90. The van der Waals surface area contributed by atoms with Gasteiger partial charge in [0.25, 0.3) is 15.9 Å². The highest BCUT2D eigenvalue weighted by Gasteiger charge is 2.32. The van der Waals surface area contributed by atoms with E-state index >= 15 is 0 Å². The Morgan fingerprint density at radius 2 is 1.79 bits per heavy atom. The van der Waals surface area contributed by atoms with Crippen LogP contribution < -0.4 is 11.1 Å². The van der Waals surface area contributed by atoms with E-state index in [0.717, 1.165) is 11.3 Å². The lowest BCUT2D eigenvalue weighted by Gasteiger charge is -2.35. The molecule has 1 aliphatic heterocycles. The number of furan rings is 1. The van der Waals surface area contributed by atoms with Gasteiger partial charge in [0.1, 0.15) is 0 Å². The molecule has 1 saturated heterocycles. The first-order chi connectivity index (χ1) is 13.2. The van der Waals surface area contributed by atoms with E-state index in [9.17, 15) is 13.2 Å². The number of primary amides is 1. The average molecular weight is 423 g/mol. The number of nitrogens with two attached hydrogens (primary N) is 1. The minimum Gasteiger partial charge on any atom is -0.438 e. The molecule has 28 heavy (non-hydrogen) atoms. The van der Waals surface area contributed by atoms with Gasteiger partial charge in [-0.15, -0.1) is 0 Å². The van der Waals surface area contributed by atoms with Gasteiger partial charge >= 0.3 is 0 Å². The molecule has 1 amide bonds. The van der Waals surface area contributed by atoms with Crippen molar-refractivity contribution in [3.05, 3.63) is 47.2 Å². The molecule has 0 radical (unpaired) electrons. The number of amides is 1. The number of sulfonamides is 1. The number of carbonyl (C=O) groups excluding carboxylic acids is 1. The highest BCUT2D eigenvalue weighted by Crippen LogP contribution is 2.21. The number of aryl methyl sites for hydroxylation is 2. The summed E-state index contributed by atoms with van der Waals surface area (Å²) in [6.07, 6.45) is 0. The number of nitrogens with one attached hydrogen (secondary N) is 1. The molecule has 0 spiro atoms. The third-order valence-electron chi connectivity index (χ3n) is 4.70. The van der Waals surface area contributed by atoms with Crippen molar-refractivity contribution in [2.24, 2.45) is 5.73 Å². The second-order valence-electron chi connectivity index (χ2n) is 6.60. The third kappa shape index (κ3) is 4.18. The maximum atomic E-state index is 12.7. The number of benzene rings is 1. The molecule has 1 aliphatic rings. The van der Waals surface area contributed by atoms with Crippen LogP contribution in [0.25, 0.3) is 0 Å². The van der Waals surface area contributed by atoms with Crippen molar-refractivity contribution in [2.75, 3.05) is 31.5 Å². The molecule has 0 atom stereocenters.